The van der Waals surface area contributed by atoms with E-state index in [0.29, 0.717) is 41.6 Å². The van der Waals surface area contributed by atoms with E-state index in [1.54, 1.807) is 13.3 Å². The minimum Gasteiger partial charge on any atom is -0.495 e. The summed E-state index contributed by atoms with van der Waals surface area (Å²) in [5.74, 6) is 2.40. The molecule has 0 spiro atoms. The van der Waals surface area contributed by atoms with Crippen molar-refractivity contribution in [2.45, 2.75) is 82.6 Å². The average molecular weight is 540 g/mol. The van der Waals surface area contributed by atoms with Crippen LogP contribution in [0.4, 0.5) is 5.82 Å². The number of hydrogen-bond acceptors (Lipinski definition) is 6. The maximum atomic E-state index is 13.9. The second-order valence-corrected chi connectivity index (χ2v) is 11.7. The van der Waals surface area contributed by atoms with E-state index in [2.05, 4.69) is 22.4 Å². The Hall–Kier alpha value is -3.66. The Morgan fingerprint density at radius 3 is 2.55 bits per heavy atom. The van der Waals surface area contributed by atoms with Crippen LogP contribution in [0.1, 0.15) is 93.2 Å². The Morgan fingerprint density at radius 2 is 1.88 bits per heavy atom. The predicted octanol–water partition coefficient (Wildman–Crippen LogP) is 6.59. The lowest BCUT2D eigenvalue weighted by Crippen LogP contribution is -2.41. The van der Waals surface area contributed by atoms with Crippen molar-refractivity contribution in [2.75, 3.05) is 18.6 Å². The average Bonchev–Trinajstić information content (AvgIpc) is 3.85. The van der Waals surface area contributed by atoms with Crippen molar-refractivity contribution < 1.29 is 9.53 Å². The number of nitrogens with zero attached hydrogens (tertiary/aromatic N) is 3. The van der Waals surface area contributed by atoms with Crippen LogP contribution in [0.3, 0.4) is 0 Å². The van der Waals surface area contributed by atoms with Gasteiger partial charge in [0.15, 0.2) is 0 Å². The molecule has 5 rings (SSSR count). The SMILES string of the molecule is COc1ccc(C2CCC(CN(C(=O)C3CCCCC3)c3cc(/C(C=N)=C/NC4CC4)ccn3)CC2)cc1C#N. The molecular weight excluding hydrogens is 498 g/mol. The van der Waals surface area contributed by atoms with E-state index in [1.165, 1.54) is 31.0 Å². The van der Waals surface area contributed by atoms with Crippen molar-refractivity contribution in [3.05, 3.63) is 59.4 Å². The highest BCUT2D eigenvalue weighted by molar-refractivity contribution is 6.08. The van der Waals surface area contributed by atoms with Gasteiger partial charge in [-0.3, -0.25) is 9.69 Å². The van der Waals surface area contributed by atoms with Crippen molar-refractivity contribution in [1.82, 2.24) is 10.3 Å². The molecule has 1 aromatic heterocycles. The molecular formula is C33H41N5O2. The largest absolute Gasteiger partial charge is 0.495 e. The topological polar surface area (TPSA) is 102 Å². The highest BCUT2D eigenvalue weighted by Gasteiger charge is 2.31. The summed E-state index contributed by atoms with van der Waals surface area (Å²) in [6.07, 6.45) is 16.9. The second-order valence-electron chi connectivity index (χ2n) is 11.7. The summed E-state index contributed by atoms with van der Waals surface area (Å²) in [4.78, 5) is 20.6. The Bertz CT molecular complexity index is 1260. The van der Waals surface area contributed by atoms with Crippen LogP contribution in [0.2, 0.25) is 0 Å². The van der Waals surface area contributed by atoms with Crippen LogP contribution >= 0.6 is 0 Å². The van der Waals surface area contributed by atoms with Crippen LogP contribution in [0.15, 0.2) is 42.7 Å². The monoisotopic (exact) mass is 539 g/mol. The fourth-order valence-electron chi connectivity index (χ4n) is 6.28. The van der Waals surface area contributed by atoms with E-state index in [1.807, 2.05) is 35.4 Å². The Morgan fingerprint density at radius 1 is 1.10 bits per heavy atom. The van der Waals surface area contributed by atoms with Gasteiger partial charge in [-0.05, 0) is 98.6 Å². The number of nitriles is 1. The first-order chi connectivity index (χ1) is 19.6. The van der Waals surface area contributed by atoms with Crippen molar-refractivity contribution in [1.29, 1.82) is 10.7 Å². The van der Waals surface area contributed by atoms with Gasteiger partial charge in [0.25, 0.3) is 0 Å². The first-order valence-corrected chi connectivity index (χ1v) is 14.9. The number of hydrogen-bond donors (Lipinski definition) is 2. The van der Waals surface area contributed by atoms with Crippen molar-refractivity contribution in [2.24, 2.45) is 11.8 Å². The number of anilines is 1. The van der Waals surface area contributed by atoms with Gasteiger partial charge in [0.05, 0.1) is 12.7 Å². The lowest BCUT2D eigenvalue weighted by molar-refractivity contribution is -0.123. The van der Waals surface area contributed by atoms with E-state index in [9.17, 15) is 10.1 Å². The highest BCUT2D eigenvalue weighted by Crippen LogP contribution is 2.38. The third-order valence-electron chi connectivity index (χ3n) is 8.89. The molecule has 2 N–H and O–H groups in total. The van der Waals surface area contributed by atoms with Gasteiger partial charge in [0.2, 0.25) is 5.91 Å². The molecule has 7 heteroatoms. The first-order valence-electron chi connectivity index (χ1n) is 14.9. The molecule has 0 unspecified atom stereocenters. The third kappa shape index (κ3) is 6.72. The minimum absolute atomic E-state index is 0.0635. The van der Waals surface area contributed by atoms with Crippen molar-refractivity contribution >= 4 is 23.5 Å². The van der Waals surface area contributed by atoms with Gasteiger partial charge in [-0.25, -0.2) is 4.98 Å². The van der Waals surface area contributed by atoms with Crippen LogP contribution in [0, 0.1) is 28.6 Å². The van der Waals surface area contributed by atoms with Crippen LogP contribution in [0.5, 0.6) is 5.75 Å². The summed E-state index contributed by atoms with van der Waals surface area (Å²) in [5, 5.41) is 20.9. The zero-order valence-corrected chi connectivity index (χ0v) is 23.6. The molecule has 0 saturated heterocycles. The smallest absolute Gasteiger partial charge is 0.231 e. The fourth-order valence-corrected chi connectivity index (χ4v) is 6.28. The Kier molecular flexibility index (Phi) is 9.15. The summed E-state index contributed by atoms with van der Waals surface area (Å²) < 4.78 is 5.33. The van der Waals surface area contributed by atoms with Crippen LogP contribution in [-0.4, -0.2) is 36.8 Å². The summed E-state index contributed by atoms with van der Waals surface area (Å²) in [7, 11) is 1.60. The van der Waals surface area contributed by atoms with Gasteiger partial charge in [0.1, 0.15) is 17.6 Å². The molecule has 1 heterocycles. The molecule has 0 aliphatic heterocycles. The second kappa shape index (κ2) is 13.1. The molecule has 0 atom stereocenters. The number of amides is 1. The Balaban J connectivity index is 1.32. The predicted molar refractivity (Wildman–Crippen MR) is 158 cm³/mol. The molecule has 1 amide bonds. The number of nitrogens with one attached hydrogen (secondary N) is 2. The molecule has 40 heavy (non-hydrogen) atoms. The van der Waals surface area contributed by atoms with E-state index in [4.69, 9.17) is 10.1 Å². The number of pyridine rings is 1. The molecule has 3 aliphatic rings. The standard InChI is InChI=1S/C33H41N5O2/c1-40-31-14-11-26(17-28(31)19-34)24-9-7-23(8-10-24)22-38(33(39)25-5-3-2-4-6-25)32-18-27(15-16-36-32)29(20-35)21-37-30-12-13-30/h11,14-18,20-21,23-25,30,35,37H,2-10,12-13,22H2,1H3/b29-21+,35-20?. The van der Waals surface area contributed by atoms with Gasteiger partial charge >= 0.3 is 0 Å². The Labute approximate surface area is 238 Å². The molecule has 2 aromatic rings. The lowest BCUT2D eigenvalue weighted by Gasteiger charge is -2.35. The number of carbonyl (C=O) groups excluding carboxylic acids is 1. The molecule has 1 aromatic carbocycles. The highest BCUT2D eigenvalue weighted by atomic mass is 16.5. The zero-order valence-electron chi connectivity index (χ0n) is 23.6. The molecule has 0 radical (unpaired) electrons. The van der Waals surface area contributed by atoms with Crippen LogP contribution in [-0.2, 0) is 4.79 Å². The molecule has 3 fully saturated rings. The summed E-state index contributed by atoms with van der Waals surface area (Å²) in [5.41, 5.74) is 3.50. The van der Waals surface area contributed by atoms with Gasteiger partial charge in [-0.2, -0.15) is 5.26 Å². The summed E-state index contributed by atoms with van der Waals surface area (Å²) in [6, 6.07) is 12.6. The minimum atomic E-state index is 0.0635. The molecule has 7 nitrogen and oxygen atoms in total. The molecule has 3 aliphatic carbocycles. The van der Waals surface area contributed by atoms with Gasteiger partial charge in [-0.15, -0.1) is 0 Å². The van der Waals surface area contributed by atoms with E-state index in [0.717, 1.165) is 62.5 Å². The third-order valence-corrected chi connectivity index (χ3v) is 8.89. The normalized spacial score (nSPS) is 21.8. The number of allylic oxidation sites excluding steroid dienone is 1. The summed E-state index contributed by atoms with van der Waals surface area (Å²) >= 11 is 0. The number of ether oxygens (including phenoxy) is 1. The zero-order chi connectivity index (χ0) is 27.9. The number of aromatic nitrogens is 1. The number of benzene rings is 1. The van der Waals surface area contributed by atoms with E-state index in [-0.39, 0.29) is 11.8 Å². The maximum absolute atomic E-state index is 13.9. The van der Waals surface area contributed by atoms with Gasteiger partial charge < -0.3 is 15.5 Å². The number of rotatable bonds is 10. The van der Waals surface area contributed by atoms with Crippen LogP contribution in [0.25, 0.3) is 5.57 Å². The van der Waals surface area contributed by atoms with Gasteiger partial charge in [-0.1, -0.05) is 25.3 Å². The summed E-state index contributed by atoms with van der Waals surface area (Å²) in [6.45, 7) is 0.675. The van der Waals surface area contributed by atoms with E-state index < -0.39 is 0 Å². The molecule has 3 saturated carbocycles. The van der Waals surface area contributed by atoms with E-state index >= 15 is 0 Å². The van der Waals surface area contributed by atoms with Crippen LogP contribution < -0.4 is 15.0 Å². The van der Waals surface area contributed by atoms with Crippen molar-refractivity contribution in [3.8, 4) is 11.8 Å². The number of methoxy groups -OCH3 is 1. The van der Waals surface area contributed by atoms with Gasteiger partial charge in [0, 0.05) is 42.7 Å². The lowest BCUT2D eigenvalue weighted by atomic mass is 9.78. The molecule has 0 bridgehead atoms. The fraction of sp³-hybridized carbons (Fsp3) is 0.515. The maximum Gasteiger partial charge on any atom is 0.231 e. The first kappa shape index (κ1) is 27.9. The molecule has 210 valence electrons. The number of carbonyl (C=O) groups is 1. The van der Waals surface area contributed by atoms with Crippen molar-refractivity contribution in [3.63, 3.8) is 0 Å². The quantitative estimate of drug-likeness (QED) is 0.332.